The zero-order chi connectivity index (χ0) is 16.0. The van der Waals surface area contributed by atoms with Crippen LogP contribution in [-0.2, 0) is 15.1 Å². The largest absolute Gasteiger partial charge is 0.453 e. The molecule has 22 heavy (non-hydrogen) atoms. The molecule has 0 atom stereocenters. The minimum Gasteiger partial charge on any atom is -0.453 e. The Morgan fingerprint density at radius 1 is 0.955 bits per heavy atom. The number of hydrogen-bond donors (Lipinski definition) is 1. The van der Waals surface area contributed by atoms with Crippen LogP contribution in [0.5, 0.6) is 0 Å². The summed E-state index contributed by atoms with van der Waals surface area (Å²) in [6, 6.07) is 18.2. The van der Waals surface area contributed by atoms with Crippen molar-refractivity contribution in [2.24, 2.45) is 0 Å². The Morgan fingerprint density at radius 3 is 2.09 bits per heavy atom. The molecule has 4 heteroatoms. The van der Waals surface area contributed by atoms with Crippen LogP contribution in [0.25, 0.3) is 0 Å². The summed E-state index contributed by atoms with van der Waals surface area (Å²) in [7, 11) is 0. The molecule has 0 aliphatic rings. The van der Waals surface area contributed by atoms with E-state index in [1.165, 1.54) is 0 Å². The molecule has 0 bridgehead atoms. The van der Waals surface area contributed by atoms with E-state index in [0.29, 0.717) is 5.56 Å². The molecule has 0 radical (unpaired) electrons. The Bertz CT molecular complexity index is 636. The van der Waals surface area contributed by atoms with Crippen LogP contribution < -0.4 is 5.32 Å². The summed E-state index contributed by atoms with van der Waals surface area (Å²) in [6.07, 6.45) is 0. The van der Waals surface area contributed by atoms with Crippen molar-refractivity contribution in [3.8, 4) is 0 Å². The third-order valence-electron chi connectivity index (χ3n) is 3.27. The lowest BCUT2D eigenvalue weighted by molar-refractivity contribution is -0.156. The van der Waals surface area contributed by atoms with E-state index in [2.05, 4.69) is 5.32 Å². The summed E-state index contributed by atoms with van der Waals surface area (Å²) in [6.45, 7) is 3.47. The van der Waals surface area contributed by atoms with Gasteiger partial charge in [-0.1, -0.05) is 48.5 Å². The van der Waals surface area contributed by atoms with Crippen LogP contribution in [-0.4, -0.2) is 18.4 Å². The first kappa shape index (κ1) is 15.8. The van der Waals surface area contributed by atoms with E-state index in [1.807, 2.05) is 50.2 Å². The zero-order valence-electron chi connectivity index (χ0n) is 12.7. The molecule has 0 heterocycles. The van der Waals surface area contributed by atoms with Crippen LogP contribution in [0.1, 0.15) is 29.8 Å². The Labute approximate surface area is 130 Å². The average molecular weight is 297 g/mol. The predicted molar refractivity (Wildman–Crippen MR) is 84.3 cm³/mol. The summed E-state index contributed by atoms with van der Waals surface area (Å²) in [5.74, 6) is -0.770. The van der Waals surface area contributed by atoms with E-state index in [-0.39, 0.29) is 12.5 Å². The molecule has 0 fully saturated rings. The minimum absolute atomic E-state index is 0.163. The fourth-order valence-corrected chi connectivity index (χ4v) is 2.06. The fourth-order valence-electron chi connectivity index (χ4n) is 2.06. The number of hydrogen-bond acceptors (Lipinski definition) is 3. The lowest BCUT2D eigenvalue weighted by atomic mass is 9.98. The Balaban J connectivity index is 1.89. The number of carbonyl (C=O) groups excluding carboxylic acids is 2. The maximum absolute atomic E-state index is 11.9. The molecule has 2 aromatic rings. The molecule has 0 aromatic heterocycles. The Hall–Kier alpha value is -2.62. The number of esters is 1. The highest BCUT2D eigenvalue weighted by Gasteiger charge is 2.25. The molecular weight excluding hydrogens is 278 g/mol. The second-order valence-corrected chi connectivity index (χ2v) is 5.40. The molecule has 0 unspecified atom stereocenters. The van der Waals surface area contributed by atoms with Gasteiger partial charge < -0.3 is 10.1 Å². The molecule has 0 spiro atoms. The second-order valence-electron chi connectivity index (χ2n) is 5.40. The third-order valence-corrected chi connectivity index (χ3v) is 3.27. The number of amides is 1. The molecule has 0 saturated carbocycles. The van der Waals surface area contributed by atoms with Gasteiger partial charge in [0.2, 0.25) is 0 Å². The van der Waals surface area contributed by atoms with Crippen molar-refractivity contribution in [3.63, 3.8) is 0 Å². The number of rotatable bonds is 5. The highest BCUT2D eigenvalue weighted by molar-refractivity contribution is 5.95. The first-order valence-electron chi connectivity index (χ1n) is 7.09. The Kier molecular flexibility index (Phi) is 4.94. The molecule has 114 valence electrons. The lowest BCUT2D eigenvalue weighted by Gasteiger charge is -2.25. The van der Waals surface area contributed by atoms with Crippen LogP contribution >= 0.6 is 0 Å². The van der Waals surface area contributed by atoms with E-state index >= 15 is 0 Å². The molecule has 1 amide bonds. The van der Waals surface area contributed by atoms with Crippen molar-refractivity contribution in [3.05, 3.63) is 71.8 Å². The maximum atomic E-state index is 11.9. The molecule has 2 rings (SSSR count). The average Bonchev–Trinajstić information content (AvgIpc) is 2.54. The van der Waals surface area contributed by atoms with Gasteiger partial charge in [0.15, 0.2) is 0 Å². The molecule has 1 N–H and O–H groups in total. The summed E-state index contributed by atoms with van der Waals surface area (Å²) in [4.78, 5) is 23.8. The zero-order valence-corrected chi connectivity index (χ0v) is 12.7. The van der Waals surface area contributed by atoms with E-state index in [4.69, 9.17) is 4.74 Å². The van der Waals surface area contributed by atoms with Crippen molar-refractivity contribution in [2.75, 3.05) is 6.54 Å². The second kappa shape index (κ2) is 6.89. The molecule has 0 aliphatic carbocycles. The maximum Gasteiger partial charge on any atom is 0.326 e. The number of nitrogens with one attached hydrogen (secondary N) is 1. The SMILES string of the molecule is CC(C)(OC(=O)CNC(=O)c1ccccc1)c1ccccc1. The van der Waals surface area contributed by atoms with Gasteiger partial charge in [0, 0.05) is 5.56 Å². The van der Waals surface area contributed by atoms with Crippen molar-refractivity contribution >= 4 is 11.9 Å². The molecule has 0 aliphatic heterocycles. The highest BCUT2D eigenvalue weighted by atomic mass is 16.6. The van der Waals surface area contributed by atoms with Gasteiger partial charge in [-0.25, -0.2) is 0 Å². The fraction of sp³-hybridized carbons (Fsp3) is 0.222. The van der Waals surface area contributed by atoms with Crippen molar-refractivity contribution in [1.29, 1.82) is 0 Å². The van der Waals surface area contributed by atoms with Gasteiger partial charge in [-0.3, -0.25) is 9.59 Å². The standard InChI is InChI=1S/C18H19NO3/c1-18(2,15-11-7-4-8-12-15)22-16(20)13-19-17(21)14-9-5-3-6-10-14/h3-12H,13H2,1-2H3,(H,19,21). The first-order valence-corrected chi connectivity index (χ1v) is 7.09. The minimum atomic E-state index is -0.740. The third kappa shape index (κ3) is 4.19. The smallest absolute Gasteiger partial charge is 0.326 e. The van der Waals surface area contributed by atoms with Crippen LogP contribution in [0.3, 0.4) is 0 Å². The van der Waals surface area contributed by atoms with Gasteiger partial charge in [0.05, 0.1) is 0 Å². The molecule has 0 saturated heterocycles. The van der Waals surface area contributed by atoms with Gasteiger partial charge in [0.1, 0.15) is 12.1 Å². The number of benzene rings is 2. The van der Waals surface area contributed by atoms with Gasteiger partial charge in [0.25, 0.3) is 5.91 Å². The van der Waals surface area contributed by atoms with E-state index in [1.54, 1.807) is 24.3 Å². The van der Waals surface area contributed by atoms with Gasteiger partial charge in [-0.2, -0.15) is 0 Å². The van der Waals surface area contributed by atoms with Gasteiger partial charge in [-0.15, -0.1) is 0 Å². The summed E-state index contributed by atoms with van der Waals surface area (Å²) in [5.41, 5.74) is 0.672. The van der Waals surface area contributed by atoms with E-state index < -0.39 is 11.6 Å². The Morgan fingerprint density at radius 2 is 1.50 bits per heavy atom. The van der Waals surface area contributed by atoms with Crippen molar-refractivity contribution < 1.29 is 14.3 Å². The van der Waals surface area contributed by atoms with Crippen molar-refractivity contribution in [1.82, 2.24) is 5.32 Å². The monoisotopic (exact) mass is 297 g/mol. The molecular formula is C18H19NO3. The molecule has 4 nitrogen and oxygen atoms in total. The van der Waals surface area contributed by atoms with Crippen molar-refractivity contribution in [2.45, 2.75) is 19.4 Å². The number of carbonyl (C=O) groups is 2. The molecule has 2 aromatic carbocycles. The first-order chi connectivity index (χ1) is 10.5. The van der Waals surface area contributed by atoms with Gasteiger partial charge in [-0.05, 0) is 31.5 Å². The van der Waals surface area contributed by atoms with Crippen LogP contribution in [0, 0.1) is 0 Å². The quantitative estimate of drug-likeness (QED) is 0.863. The van der Waals surface area contributed by atoms with E-state index in [9.17, 15) is 9.59 Å². The highest BCUT2D eigenvalue weighted by Crippen LogP contribution is 2.24. The number of ether oxygens (including phenoxy) is 1. The summed E-state index contributed by atoms with van der Waals surface area (Å²) < 4.78 is 5.46. The summed E-state index contributed by atoms with van der Waals surface area (Å²) >= 11 is 0. The van der Waals surface area contributed by atoms with Gasteiger partial charge >= 0.3 is 5.97 Å². The normalized spacial score (nSPS) is 10.8. The van der Waals surface area contributed by atoms with Crippen LogP contribution in [0.4, 0.5) is 0 Å². The predicted octanol–water partition coefficient (Wildman–Crippen LogP) is 2.89. The van der Waals surface area contributed by atoms with E-state index in [0.717, 1.165) is 5.56 Å². The lowest BCUT2D eigenvalue weighted by Crippen LogP contribution is -2.34. The summed E-state index contributed by atoms with van der Waals surface area (Å²) in [5, 5.41) is 2.56. The van der Waals surface area contributed by atoms with Crippen LogP contribution in [0.15, 0.2) is 60.7 Å². The van der Waals surface area contributed by atoms with Crippen LogP contribution in [0.2, 0.25) is 0 Å². The topological polar surface area (TPSA) is 55.4 Å².